The SMILES string of the molecule is O=c1c2c(cnn1Cc1ccccc1)-n1c(cc3ccccc31)-c1ccccc1O2. The van der Waals surface area contributed by atoms with Crippen LogP contribution in [0.5, 0.6) is 11.5 Å². The van der Waals surface area contributed by atoms with Gasteiger partial charge in [-0.1, -0.05) is 60.7 Å². The van der Waals surface area contributed by atoms with Crippen LogP contribution >= 0.6 is 0 Å². The fraction of sp³-hybridized carbons (Fsp3) is 0.0400. The van der Waals surface area contributed by atoms with Crippen LogP contribution in [0.4, 0.5) is 0 Å². The molecule has 0 atom stereocenters. The molecule has 1 aliphatic heterocycles. The van der Waals surface area contributed by atoms with Crippen LogP contribution in [0.2, 0.25) is 0 Å². The fourth-order valence-electron chi connectivity index (χ4n) is 4.08. The van der Waals surface area contributed by atoms with E-state index < -0.39 is 0 Å². The first-order chi connectivity index (χ1) is 14.8. The first-order valence-electron chi connectivity index (χ1n) is 9.82. The number of hydrogen-bond acceptors (Lipinski definition) is 3. The van der Waals surface area contributed by atoms with Gasteiger partial charge in [-0.15, -0.1) is 0 Å². The van der Waals surface area contributed by atoms with Crippen molar-refractivity contribution in [2.24, 2.45) is 0 Å². The lowest BCUT2D eigenvalue weighted by atomic mass is 10.1. The zero-order valence-electron chi connectivity index (χ0n) is 16.0. The van der Waals surface area contributed by atoms with Crippen molar-refractivity contribution in [3.8, 4) is 28.4 Å². The molecule has 3 heterocycles. The molecule has 5 nitrogen and oxygen atoms in total. The lowest BCUT2D eigenvalue weighted by Crippen LogP contribution is -2.25. The summed E-state index contributed by atoms with van der Waals surface area (Å²) in [4.78, 5) is 13.4. The van der Waals surface area contributed by atoms with E-state index in [0.29, 0.717) is 18.0 Å². The van der Waals surface area contributed by atoms with Crippen LogP contribution in [0, 0.1) is 0 Å². The topological polar surface area (TPSA) is 49.0 Å². The van der Waals surface area contributed by atoms with Gasteiger partial charge in [0.05, 0.1) is 24.0 Å². The first kappa shape index (κ1) is 16.8. The second-order valence-corrected chi connectivity index (χ2v) is 7.33. The van der Waals surface area contributed by atoms with Gasteiger partial charge in [0.2, 0.25) is 5.75 Å². The summed E-state index contributed by atoms with van der Waals surface area (Å²) >= 11 is 0. The zero-order chi connectivity index (χ0) is 20.1. The van der Waals surface area contributed by atoms with Gasteiger partial charge in [0.15, 0.2) is 0 Å². The predicted molar refractivity (Wildman–Crippen MR) is 116 cm³/mol. The Kier molecular flexibility index (Phi) is 3.62. The summed E-state index contributed by atoms with van der Waals surface area (Å²) < 4.78 is 9.73. The molecule has 0 aliphatic carbocycles. The highest BCUT2D eigenvalue weighted by Gasteiger charge is 2.25. The molecule has 0 saturated carbocycles. The molecular formula is C25H17N3O2. The van der Waals surface area contributed by atoms with E-state index in [1.54, 1.807) is 6.20 Å². The van der Waals surface area contributed by atoms with Gasteiger partial charge in [-0.05, 0) is 29.8 Å². The van der Waals surface area contributed by atoms with Crippen molar-refractivity contribution in [2.75, 3.05) is 0 Å². The van der Waals surface area contributed by atoms with Gasteiger partial charge >= 0.3 is 5.56 Å². The van der Waals surface area contributed by atoms with Crippen LogP contribution in [-0.2, 0) is 6.54 Å². The maximum atomic E-state index is 13.4. The summed E-state index contributed by atoms with van der Waals surface area (Å²) in [5, 5.41) is 5.58. The Bertz CT molecular complexity index is 1470. The number of nitrogens with zero attached hydrogens (tertiary/aromatic N) is 3. The third-order valence-electron chi connectivity index (χ3n) is 5.48. The molecule has 2 aromatic heterocycles. The zero-order valence-corrected chi connectivity index (χ0v) is 16.0. The van der Waals surface area contributed by atoms with Crippen LogP contribution in [0.1, 0.15) is 5.56 Å². The minimum absolute atomic E-state index is 0.253. The number of rotatable bonds is 2. The monoisotopic (exact) mass is 391 g/mol. The van der Waals surface area contributed by atoms with Crippen molar-refractivity contribution in [1.82, 2.24) is 14.3 Å². The van der Waals surface area contributed by atoms with Gasteiger partial charge in [0.25, 0.3) is 0 Å². The molecule has 0 unspecified atom stereocenters. The molecule has 0 fully saturated rings. The summed E-state index contributed by atoms with van der Waals surface area (Å²) in [6.07, 6.45) is 1.72. The summed E-state index contributed by atoms with van der Waals surface area (Å²) in [5.41, 5.74) is 4.34. The van der Waals surface area contributed by atoms with Crippen molar-refractivity contribution >= 4 is 10.9 Å². The Morgan fingerprint density at radius 2 is 1.63 bits per heavy atom. The Morgan fingerprint density at radius 3 is 2.53 bits per heavy atom. The molecule has 5 aromatic rings. The van der Waals surface area contributed by atoms with Crippen molar-refractivity contribution in [3.63, 3.8) is 0 Å². The van der Waals surface area contributed by atoms with E-state index in [2.05, 4.69) is 21.8 Å². The Hall–Kier alpha value is -4.12. The third kappa shape index (κ3) is 2.49. The largest absolute Gasteiger partial charge is 0.448 e. The van der Waals surface area contributed by atoms with E-state index in [4.69, 9.17) is 4.74 Å². The summed E-state index contributed by atoms with van der Waals surface area (Å²) in [6, 6.07) is 27.9. The molecule has 0 radical (unpaired) electrons. The molecule has 30 heavy (non-hydrogen) atoms. The van der Waals surface area contributed by atoms with E-state index in [-0.39, 0.29) is 11.3 Å². The second kappa shape index (κ2) is 6.46. The number of benzene rings is 3. The third-order valence-corrected chi connectivity index (χ3v) is 5.48. The quantitative estimate of drug-likeness (QED) is 0.417. The molecule has 1 aliphatic rings. The molecular weight excluding hydrogens is 374 g/mol. The lowest BCUT2D eigenvalue weighted by molar-refractivity contribution is 0.461. The van der Waals surface area contributed by atoms with Crippen LogP contribution in [0.3, 0.4) is 0 Å². The molecule has 0 bridgehead atoms. The van der Waals surface area contributed by atoms with Gasteiger partial charge < -0.3 is 9.30 Å². The fourth-order valence-corrected chi connectivity index (χ4v) is 4.08. The van der Waals surface area contributed by atoms with Gasteiger partial charge in [-0.2, -0.15) is 5.10 Å². The minimum atomic E-state index is -0.253. The Balaban J connectivity index is 1.63. The predicted octanol–water partition coefficient (Wildman–Crippen LogP) is 5.01. The minimum Gasteiger partial charge on any atom is -0.448 e. The highest BCUT2D eigenvalue weighted by molar-refractivity contribution is 5.91. The van der Waals surface area contributed by atoms with E-state index in [1.165, 1.54) is 4.68 Å². The summed E-state index contributed by atoms with van der Waals surface area (Å²) in [6.45, 7) is 0.386. The maximum absolute atomic E-state index is 13.4. The molecule has 0 spiro atoms. The van der Waals surface area contributed by atoms with E-state index in [0.717, 1.165) is 27.7 Å². The van der Waals surface area contributed by atoms with Gasteiger partial charge in [-0.25, -0.2) is 4.68 Å². The summed E-state index contributed by atoms with van der Waals surface area (Å²) in [5.74, 6) is 0.948. The normalized spacial score (nSPS) is 11.9. The molecule has 0 saturated heterocycles. The molecule has 3 aromatic carbocycles. The average molecular weight is 391 g/mol. The van der Waals surface area contributed by atoms with Crippen molar-refractivity contribution in [1.29, 1.82) is 0 Å². The highest BCUT2D eigenvalue weighted by atomic mass is 16.5. The molecule has 5 heteroatoms. The maximum Gasteiger partial charge on any atom is 0.312 e. The van der Waals surface area contributed by atoms with E-state index in [1.807, 2.05) is 72.8 Å². The van der Waals surface area contributed by atoms with Gasteiger partial charge in [0.1, 0.15) is 11.4 Å². The Labute approximate surface area is 172 Å². The molecule has 144 valence electrons. The first-order valence-corrected chi connectivity index (χ1v) is 9.82. The number of ether oxygens (including phenoxy) is 1. The Morgan fingerprint density at radius 1 is 0.867 bits per heavy atom. The smallest absolute Gasteiger partial charge is 0.312 e. The van der Waals surface area contributed by atoms with E-state index >= 15 is 0 Å². The number of para-hydroxylation sites is 2. The lowest BCUT2D eigenvalue weighted by Gasteiger charge is -2.12. The van der Waals surface area contributed by atoms with Crippen LogP contribution in [0.15, 0.2) is 95.9 Å². The van der Waals surface area contributed by atoms with Gasteiger partial charge in [0, 0.05) is 10.9 Å². The van der Waals surface area contributed by atoms with Crippen LogP contribution < -0.4 is 10.3 Å². The average Bonchev–Trinajstić information content (AvgIpc) is 3.10. The number of aromatic nitrogens is 3. The highest BCUT2D eigenvalue weighted by Crippen LogP contribution is 2.42. The number of hydrogen-bond donors (Lipinski definition) is 0. The van der Waals surface area contributed by atoms with Crippen LogP contribution in [-0.4, -0.2) is 14.3 Å². The molecule has 6 rings (SSSR count). The molecule has 0 amide bonds. The number of fused-ring (bicyclic) bond motifs is 7. The van der Waals surface area contributed by atoms with Gasteiger partial charge in [-0.3, -0.25) is 4.79 Å². The second-order valence-electron chi connectivity index (χ2n) is 7.33. The van der Waals surface area contributed by atoms with Crippen molar-refractivity contribution in [3.05, 3.63) is 107 Å². The van der Waals surface area contributed by atoms with Crippen LogP contribution in [0.25, 0.3) is 27.8 Å². The standard InChI is InChI=1S/C25H17N3O2/c29-25-24-22(15-26-27(25)16-17-8-2-1-3-9-17)28-20-12-6-4-10-18(20)14-21(28)19-11-5-7-13-23(19)30-24/h1-15H,16H2. The molecule has 0 N–H and O–H groups in total. The van der Waals surface area contributed by atoms with E-state index in [9.17, 15) is 4.79 Å². The van der Waals surface area contributed by atoms with Crippen molar-refractivity contribution < 1.29 is 4.74 Å². The van der Waals surface area contributed by atoms with Crippen molar-refractivity contribution in [2.45, 2.75) is 6.54 Å². The summed E-state index contributed by atoms with van der Waals surface area (Å²) in [7, 11) is 0.